The number of aromatic nitrogens is 3. The van der Waals surface area contributed by atoms with Crippen molar-refractivity contribution in [2.45, 2.75) is 30.8 Å². The van der Waals surface area contributed by atoms with Crippen molar-refractivity contribution >= 4 is 5.78 Å². The number of aliphatic hydroxyl groups is 1. The van der Waals surface area contributed by atoms with Crippen molar-refractivity contribution in [1.29, 1.82) is 0 Å². The zero-order valence-electron chi connectivity index (χ0n) is 17.3. The molecule has 2 heterocycles. The molecule has 3 aromatic rings. The Balaban J connectivity index is 1.62. The molecule has 0 spiro atoms. The van der Waals surface area contributed by atoms with E-state index in [1.54, 1.807) is 18.1 Å². The number of ketones is 1. The number of ether oxygens (including phenoxy) is 1. The van der Waals surface area contributed by atoms with Crippen molar-refractivity contribution in [2.75, 3.05) is 13.7 Å². The van der Waals surface area contributed by atoms with Crippen molar-refractivity contribution in [3.8, 4) is 5.75 Å². The summed E-state index contributed by atoms with van der Waals surface area (Å²) in [7, 11) is 1.62. The van der Waals surface area contributed by atoms with Gasteiger partial charge in [0, 0.05) is 24.3 Å². The van der Waals surface area contributed by atoms with E-state index in [1.807, 2.05) is 36.4 Å². The molecular weight excluding hydrogens is 392 g/mol. The standard InChI is InChI=1S/C24H24N4O3/c1-31-17-8-6-16(7-9-17)19-12-20(29)21(24(30)23(19)28-14-25-13-27-28)22-18-5-3-2-4-15(18)10-11-26-22/h2-9,13-14,19,22-23,26,30H,10-12H2,1H3/p+1/t19-,22+,23-/m1/s1. The Morgan fingerprint density at radius 2 is 1.97 bits per heavy atom. The number of Topliss-reactive ketones (excluding diaryl/α,β-unsaturated/α-hetero) is 1. The number of methoxy groups -OCH3 is 1. The third-order valence-corrected chi connectivity index (χ3v) is 6.43. The number of fused-ring (bicyclic) bond motifs is 1. The predicted molar refractivity (Wildman–Crippen MR) is 114 cm³/mol. The van der Waals surface area contributed by atoms with Crippen molar-refractivity contribution in [3.05, 3.63) is 89.2 Å². The molecule has 1 aliphatic heterocycles. The minimum absolute atomic E-state index is 0.0207. The molecule has 1 aliphatic carbocycles. The summed E-state index contributed by atoms with van der Waals surface area (Å²) in [5.41, 5.74) is 3.77. The molecule has 0 unspecified atom stereocenters. The third-order valence-electron chi connectivity index (χ3n) is 6.43. The van der Waals surface area contributed by atoms with Crippen molar-refractivity contribution in [2.24, 2.45) is 0 Å². The first-order valence-electron chi connectivity index (χ1n) is 10.5. The monoisotopic (exact) mass is 417 g/mol. The van der Waals surface area contributed by atoms with Crippen LogP contribution in [0.15, 0.2) is 72.5 Å². The van der Waals surface area contributed by atoms with Crippen LogP contribution in [0.2, 0.25) is 0 Å². The van der Waals surface area contributed by atoms with Gasteiger partial charge in [-0.3, -0.25) is 4.79 Å². The molecule has 158 valence electrons. The van der Waals surface area contributed by atoms with Gasteiger partial charge in [-0.25, -0.2) is 9.67 Å². The fourth-order valence-electron chi connectivity index (χ4n) is 4.94. The zero-order chi connectivity index (χ0) is 21.4. The fraction of sp³-hybridized carbons (Fsp3) is 0.292. The first-order valence-corrected chi connectivity index (χ1v) is 10.5. The number of hydrogen-bond donors (Lipinski definition) is 2. The van der Waals surface area contributed by atoms with E-state index in [9.17, 15) is 9.90 Å². The summed E-state index contributed by atoms with van der Waals surface area (Å²) in [6.45, 7) is 0.877. The smallest absolute Gasteiger partial charge is 0.169 e. The van der Waals surface area contributed by atoms with E-state index in [4.69, 9.17) is 4.74 Å². The van der Waals surface area contributed by atoms with Gasteiger partial charge in [0.15, 0.2) is 5.78 Å². The van der Waals surface area contributed by atoms with Crippen LogP contribution in [0, 0.1) is 0 Å². The highest BCUT2D eigenvalue weighted by molar-refractivity contribution is 5.98. The maximum absolute atomic E-state index is 13.4. The number of benzene rings is 2. The van der Waals surface area contributed by atoms with Crippen molar-refractivity contribution < 1.29 is 20.0 Å². The van der Waals surface area contributed by atoms with Gasteiger partial charge >= 0.3 is 0 Å². The summed E-state index contributed by atoms with van der Waals surface area (Å²) in [5, 5.41) is 18.0. The number of allylic oxidation sites excluding steroid dienone is 1. The van der Waals surface area contributed by atoms with Crippen LogP contribution in [0.1, 0.15) is 41.1 Å². The molecule has 7 heteroatoms. The zero-order valence-corrected chi connectivity index (χ0v) is 17.3. The van der Waals surface area contributed by atoms with Crippen LogP contribution in [0.3, 0.4) is 0 Å². The summed E-state index contributed by atoms with van der Waals surface area (Å²) in [6.07, 6.45) is 4.30. The maximum atomic E-state index is 13.4. The average molecular weight is 417 g/mol. The van der Waals surface area contributed by atoms with Gasteiger partial charge < -0.3 is 15.2 Å². The molecule has 3 atom stereocenters. The first-order chi connectivity index (χ1) is 15.2. The largest absolute Gasteiger partial charge is 0.509 e. The molecule has 1 aromatic heterocycles. The average Bonchev–Trinajstić information content (AvgIpc) is 3.33. The Kier molecular flexibility index (Phi) is 5.03. The summed E-state index contributed by atoms with van der Waals surface area (Å²) in [6, 6.07) is 15.1. The topological polar surface area (TPSA) is 93.8 Å². The molecule has 7 nitrogen and oxygen atoms in total. The lowest BCUT2D eigenvalue weighted by molar-refractivity contribution is -0.690. The van der Waals surface area contributed by atoms with E-state index in [1.165, 1.54) is 11.9 Å². The van der Waals surface area contributed by atoms with Crippen LogP contribution < -0.4 is 10.1 Å². The summed E-state index contributed by atoms with van der Waals surface area (Å²) in [4.78, 5) is 17.5. The summed E-state index contributed by atoms with van der Waals surface area (Å²) < 4.78 is 6.93. The highest BCUT2D eigenvalue weighted by Crippen LogP contribution is 2.44. The van der Waals surface area contributed by atoms with E-state index < -0.39 is 6.04 Å². The number of carbonyl (C=O) groups is 1. The molecule has 31 heavy (non-hydrogen) atoms. The lowest BCUT2D eigenvalue weighted by atomic mass is 9.75. The van der Waals surface area contributed by atoms with E-state index >= 15 is 0 Å². The minimum Gasteiger partial charge on any atom is -0.509 e. The number of aliphatic hydroxyl groups excluding tert-OH is 1. The van der Waals surface area contributed by atoms with Gasteiger partial charge in [-0.15, -0.1) is 0 Å². The normalized spacial score (nSPS) is 23.5. The van der Waals surface area contributed by atoms with Crippen LogP contribution in [-0.4, -0.2) is 39.3 Å². The molecular formula is C24H25N4O3+. The summed E-state index contributed by atoms with van der Waals surface area (Å²) in [5.74, 6) is 0.563. The van der Waals surface area contributed by atoms with Gasteiger partial charge in [0.1, 0.15) is 36.2 Å². The Morgan fingerprint density at radius 3 is 2.71 bits per heavy atom. The van der Waals surface area contributed by atoms with E-state index in [-0.39, 0.29) is 23.5 Å². The van der Waals surface area contributed by atoms with E-state index in [0.717, 1.165) is 29.8 Å². The predicted octanol–water partition coefficient (Wildman–Crippen LogP) is 2.26. The lowest BCUT2D eigenvalue weighted by Gasteiger charge is -2.35. The van der Waals surface area contributed by atoms with Gasteiger partial charge in [-0.05, 0) is 23.3 Å². The number of rotatable bonds is 4. The number of nitrogens with two attached hydrogens (primary N) is 1. The molecule has 2 aromatic carbocycles. The van der Waals surface area contributed by atoms with Gasteiger partial charge in [-0.2, -0.15) is 5.10 Å². The minimum atomic E-state index is -0.494. The molecule has 3 N–H and O–H groups in total. The quantitative estimate of drug-likeness (QED) is 0.679. The van der Waals surface area contributed by atoms with Crippen molar-refractivity contribution in [3.63, 3.8) is 0 Å². The SMILES string of the molecule is COc1ccc([C@H]2CC(=O)C([C@H]3[NH2+]CCc4ccccc43)=C(O)[C@@H]2n2cncn2)cc1. The van der Waals surface area contributed by atoms with Crippen LogP contribution in [0.5, 0.6) is 5.75 Å². The van der Waals surface area contributed by atoms with E-state index in [2.05, 4.69) is 27.5 Å². The molecule has 0 fully saturated rings. The Hall–Kier alpha value is -3.45. The molecule has 5 rings (SSSR count). The number of carbonyl (C=O) groups excluding carboxylic acids is 1. The van der Waals surface area contributed by atoms with Crippen LogP contribution >= 0.6 is 0 Å². The third kappa shape index (κ3) is 3.41. The first kappa shape index (κ1) is 19.5. The molecule has 0 saturated heterocycles. The number of nitrogens with zero attached hydrogens (tertiary/aromatic N) is 3. The van der Waals surface area contributed by atoms with Gasteiger partial charge in [-0.1, -0.05) is 36.4 Å². The second-order valence-electron chi connectivity index (χ2n) is 8.08. The van der Waals surface area contributed by atoms with Crippen LogP contribution in [0.25, 0.3) is 0 Å². The molecule has 0 radical (unpaired) electrons. The summed E-state index contributed by atoms with van der Waals surface area (Å²) >= 11 is 0. The van der Waals surface area contributed by atoms with Crippen LogP contribution in [0.4, 0.5) is 0 Å². The van der Waals surface area contributed by atoms with Gasteiger partial charge in [0.05, 0.1) is 19.2 Å². The van der Waals surface area contributed by atoms with Crippen LogP contribution in [-0.2, 0) is 11.2 Å². The second kappa shape index (κ2) is 8.00. The Labute approximate surface area is 180 Å². The van der Waals surface area contributed by atoms with Crippen molar-refractivity contribution in [1.82, 2.24) is 14.8 Å². The highest BCUT2D eigenvalue weighted by atomic mass is 16.5. The maximum Gasteiger partial charge on any atom is 0.169 e. The highest BCUT2D eigenvalue weighted by Gasteiger charge is 2.44. The van der Waals surface area contributed by atoms with Gasteiger partial charge in [0.2, 0.25) is 0 Å². The molecule has 0 saturated carbocycles. The number of hydrogen-bond acceptors (Lipinski definition) is 5. The lowest BCUT2D eigenvalue weighted by Crippen LogP contribution is -2.88. The second-order valence-corrected chi connectivity index (χ2v) is 8.08. The van der Waals surface area contributed by atoms with Gasteiger partial charge in [0.25, 0.3) is 0 Å². The molecule has 0 amide bonds. The molecule has 0 bridgehead atoms. The Bertz CT molecular complexity index is 1120. The molecule has 2 aliphatic rings. The fourth-order valence-corrected chi connectivity index (χ4v) is 4.94. The number of quaternary nitrogens is 1. The van der Waals surface area contributed by atoms with E-state index in [0.29, 0.717) is 12.0 Å². The Morgan fingerprint density at radius 1 is 1.16 bits per heavy atom.